The van der Waals surface area contributed by atoms with Crippen molar-refractivity contribution in [3.63, 3.8) is 0 Å². The fourth-order valence-corrected chi connectivity index (χ4v) is 3.44. The van der Waals surface area contributed by atoms with Gasteiger partial charge in [0.15, 0.2) is 0 Å². The van der Waals surface area contributed by atoms with Gasteiger partial charge in [-0.3, -0.25) is 4.55 Å². The van der Waals surface area contributed by atoms with Crippen molar-refractivity contribution in [1.29, 1.82) is 0 Å². The number of nitrogens with two attached hydrogens (primary N) is 1. The Morgan fingerprint density at radius 3 is 2.33 bits per heavy atom. The maximum absolute atomic E-state index is 10.9. The first-order valence-electron chi connectivity index (χ1n) is 5.60. The molecule has 102 valence electrons. The van der Waals surface area contributed by atoms with Crippen LogP contribution in [0.3, 0.4) is 0 Å². The highest BCUT2D eigenvalue weighted by atomic mass is 33.1. The molecule has 0 aliphatic heterocycles. The van der Waals surface area contributed by atoms with Crippen molar-refractivity contribution >= 4 is 31.3 Å². The van der Waals surface area contributed by atoms with E-state index in [0.29, 0.717) is 21.4 Å². The van der Waals surface area contributed by atoms with E-state index in [1.807, 2.05) is 26.8 Å². The Hall–Kier alpha value is -0.920. The van der Waals surface area contributed by atoms with Crippen LogP contribution in [-0.4, -0.2) is 26.1 Å². The van der Waals surface area contributed by atoms with Crippen molar-refractivity contribution < 1.29 is 13.0 Å². The molecule has 7 heteroatoms. The highest BCUT2D eigenvalue weighted by Gasteiger charge is 2.15. The normalized spacial score (nSPS) is 11.6. The number of rotatable bonds is 5. The molecule has 0 radical (unpaired) electrons. The number of anilines is 2. The van der Waals surface area contributed by atoms with Crippen LogP contribution in [0.2, 0.25) is 0 Å². The topological polar surface area (TPSA) is 83.6 Å². The Morgan fingerprint density at radius 2 is 1.89 bits per heavy atom. The third-order valence-corrected chi connectivity index (χ3v) is 4.56. The predicted octanol–water partition coefficient (Wildman–Crippen LogP) is 2.32. The van der Waals surface area contributed by atoms with Crippen LogP contribution in [0, 0.1) is 6.92 Å². The van der Waals surface area contributed by atoms with Crippen LogP contribution in [0.4, 0.5) is 11.4 Å². The third kappa shape index (κ3) is 3.79. The molecule has 0 heterocycles. The molecule has 0 atom stereocenters. The molecule has 0 saturated heterocycles. The zero-order valence-corrected chi connectivity index (χ0v) is 12.3. The minimum absolute atomic E-state index is 0.361. The molecule has 0 aromatic heterocycles. The minimum atomic E-state index is -4.15. The number of nitrogen functional groups attached to an aromatic ring is 1. The van der Waals surface area contributed by atoms with Gasteiger partial charge in [0.1, 0.15) is 0 Å². The molecular weight excluding hydrogens is 272 g/mol. The average Bonchev–Trinajstić information content (AvgIpc) is 2.25. The molecule has 0 spiro atoms. The van der Waals surface area contributed by atoms with E-state index >= 15 is 0 Å². The van der Waals surface area contributed by atoms with Crippen molar-refractivity contribution in [1.82, 2.24) is 0 Å². The average molecular weight is 290 g/mol. The standard InChI is InChI=1S/C11H18N2O3S2/c1-4-13(5-2)9-6-8(3)11(12)10(7-9)17-18(14,15)16/h6-7H,4-5,12H2,1-3H3,(H,14,15,16). The summed E-state index contributed by atoms with van der Waals surface area (Å²) in [7, 11) is -3.78. The summed E-state index contributed by atoms with van der Waals surface area (Å²) in [4.78, 5) is 2.44. The fraction of sp³-hybridized carbons (Fsp3) is 0.455. The lowest BCUT2D eigenvalue weighted by atomic mass is 10.1. The second kappa shape index (κ2) is 5.81. The molecule has 3 N–H and O–H groups in total. The lowest BCUT2D eigenvalue weighted by Crippen LogP contribution is -2.22. The van der Waals surface area contributed by atoms with Gasteiger partial charge in [0.2, 0.25) is 0 Å². The third-order valence-electron chi connectivity index (χ3n) is 2.66. The molecule has 0 unspecified atom stereocenters. The molecule has 18 heavy (non-hydrogen) atoms. The van der Waals surface area contributed by atoms with Crippen LogP contribution >= 0.6 is 10.8 Å². The smallest absolute Gasteiger partial charge is 0.324 e. The fourth-order valence-electron chi connectivity index (χ4n) is 1.70. The van der Waals surface area contributed by atoms with Crippen LogP contribution in [0.25, 0.3) is 0 Å². The maximum atomic E-state index is 10.9. The van der Waals surface area contributed by atoms with Crippen LogP contribution in [0.1, 0.15) is 19.4 Å². The molecule has 1 aromatic rings. The molecule has 0 aliphatic carbocycles. The number of nitrogens with zero attached hydrogens (tertiary/aromatic N) is 1. The zero-order chi connectivity index (χ0) is 13.9. The Labute approximate surface area is 112 Å². The number of hydrogen-bond donors (Lipinski definition) is 2. The van der Waals surface area contributed by atoms with Gasteiger partial charge in [-0.1, -0.05) is 0 Å². The Kier molecular flexibility index (Phi) is 4.89. The Balaban J connectivity index is 3.26. The first kappa shape index (κ1) is 15.1. The van der Waals surface area contributed by atoms with Gasteiger partial charge in [-0.2, -0.15) is 8.42 Å². The number of benzene rings is 1. The Morgan fingerprint density at radius 1 is 1.33 bits per heavy atom. The quantitative estimate of drug-likeness (QED) is 0.492. The van der Waals surface area contributed by atoms with E-state index in [-0.39, 0.29) is 0 Å². The lowest BCUT2D eigenvalue weighted by Gasteiger charge is -2.23. The van der Waals surface area contributed by atoms with Gasteiger partial charge in [-0.25, -0.2) is 0 Å². The summed E-state index contributed by atoms with van der Waals surface area (Å²) in [6, 6.07) is 3.60. The van der Waals surface area contributed by atoms with Gasteiger partial charge < -0.3 is 10.6 Å². The zero-order valence-electron chi connectivity index (χ0n) is 10.7. The molecule has 0 bridgehead atoms. The number of aryl methyl sites for hydroxylation is 1. The monoisotopic (exact) mass is 290 g/mol. The second-order valence-corrected chi connectivity index (χ2v) is 7.08. The van der Waals surface area contributed by atoms with Crippen LogP contribution in [0.5, 0.6) is 0 Å². The van der Waals surface area contributed by atoms with E-state index in [4.69, 9.17) is 10.3 Å². The SMILES string of the molecule is CCN(CC)c1cc(C)c(N)c(SS(=O)(=O)O)c1. The Bertz CT molecular complexity index is 525. The van der Waals surface area contributed by atoms with Gasteiger partial charge in [0, 0.05) is 35.3 Å². The van der Waals surface area contributed by atoms with Crippen molar-refractivity contribution in [3.05, 3.63) is 17.7 Å². The van der Waals surface area contributed by atoms with Crippen LogP contribution in [0.15, 0.2) is 17.0 Å². The highest BCUT2D eigenvalue weighted by molar-refractivity contribution is 8.70. The van der Waals surface area contributed by atoms with E-state index in [1.165, 1.54) is 0 Å². The largest absolute Gasteiger partial charge is 0.398 e. The summed E-state index contributed by atoms with van der Waals surface area (Å²) < 4.78 is 30.8. The molecule has 0 amide bonds. The van der Waals surface area contributed by atoms with E-state index < -0.39 is 9.15 Å². The van der Waals surface area contributed by atoms with E-state index in [2.05, 4.69) is 4.90 Å². The van der Waals surface area contributed by atoms with Crippen LogP contribution in [-0.2, 0) is 9.15 Å². The minimum Gasteiger partial charge on any atom is -0.398 e. The molecular formula is C11H18N2O3S2. The van der Waals surface area contributed by atoms with Gasteiger partial charge in [0.25, 0.3) is 0 Å². The first-order chi connectivity index (χ1) is 8.28. The van der Waals surface area contributed by atoms with E-state index in [9.17, 15) is 8.42 Å². The summed E-state index contributed by atoms with van der Waals surface area (Å²) in [5.41, 5.74) is 7.91. The van der Waals surface area contributed by atoms with Gasteiger partial charge >= 0.3 is 9.15 Å². The molecule has 0 aliphatic rings. The van der Waals surface area contributed by atoms with Gasteiger partial charge in [-0.15, -0.1) is 0 Å². The summed E-state index contributed by atoms with van der Waals surface area (Å²) >= 11 is 0. The predicted molar refractivity (Wildman–Crippen MR) is 76.6 cm³/mol. The summed E-state index contributed by atoms with van der Waals surface area (Å²) in [5, 5.41) is 0. The van der Waals surface area contributed by atoms with E-state index in [0.717, 1.165) is 24.3 Å². The highest BCUT2D eigenvalue weighted by Crippen LogP contribution is 2.35. The summed E-state index contributed by atoms with van der Waals surface area (Å²) in [6.45, 7) is 7.48. The molecule has 0 fully saturated rings. The second-order valence-electron chi connectivity index (χ2n) is 3.86. The van der Waals surface area contributed by atoms with Crippen molar-refractivity contribution in [2.45, 2.75) is 25.7 Å². The lowest BCUT2D eigenvalue weighted by molar-refractivity contribution is 0.503. The van der Waals surface area contributed by atoms with Crippen LogP contribution < -0.4 is 10.6 Å². The van der Waals surface area contributed by atoms with Crippen molar-refractivity contribution in [3.8, 4) is 0 Å². The van der Waals surface area contributed by atoms with Crippen molar-refractivity contribution in [2.75, 3.05) is 23.7 Å². The molecule has 0 saturated carbocycles. The van der Waals surface area contributed by atoms with Gasteiger partial charge in [-0.05, 0) is 38.5 Å². The summed E-state index contributed by atoms with van der Waals surface area (Å²) in [5.74, 6) is 0. The maximum Gasteiger partial charge on any atom is 0.324 e. The molecule has 5 nitrogen and oxygen atoms in total. The summed E-state index contributed by atoms with van der Waals surface area (Å²) in [6.07, 6.45) is 0. The molecule has 1 rings (SSSR count). The molecule has 1 aromatic carbocycles. The number of hydrogen-bond acceptors (Lipinski definition) is 5. The van der Waals surface area contributed by atoms with Gasteiger partial charge in [0.05, 0.1) is 4.90 Å². The van der Waals surface area contributed by atoms with E-state index in [1.54, 1.807) is 6.07 Å². The van der Waals surface area contributed by atoms with Crippen molar-refractivity contribution in [2.24, 2.45) is 0 Å². The first-order valence-corrected chi connectivity index (χ1v) is 8.37.